The van der Waals surface area contributed by atoms with Gasteiger partial charge in [-0.05, 0) is 48.4 Å². The lowest BCUT2D eigenvalue weighted by Crippen LogP contribution is -2.33. The molecule has 0 aliphatic carbocycles. The molecule has 2 heterocycles. The lowest BCUT2D eigenvalue weighted by atomic mass is 10.0. The van der Waals surface area contributed by atoms with Crippen molar-refractivity contribution in [3.8, 4) is 0 Å². The van der Waals surface area contributed by atoms with Gasteiger partial charge in [0.25, 0.3) is 5.91 Å². The van der Waals surface area contributed by atoms with Gasteiger partial charge in [-0.2, -0.15) is 0 Å². The number of anilines is 2. The van der Waals surface area contributed by atoms with Gasteiger partial charge in [-0.3, -0.25) is 14.4 Å². The molecule has 2 aromatic carbocycles. The number of likely N-dealkylation sites (tertiary alicyclic amines) is 1. The Morgan fingerprint density at radius 2 is 1.68 bits per heavy atom. The molecule has 0 spiro atoms. The number of hydrogen-bond donors (Lipinski definition) is 2. The topological polar surface area (TPSA) is 95.7 Å². The molecule has 2 unspecified atom stereocenters. The van der Waals surface area contributed by atoms with E-state index < -0.39 is 0 Å². The predicted octanol–water partition coefficient (Wildman–Crippen LogP) is 2.27. The fourth-order valence-corrected chi connectivity index (χ4v) is 4.63. The summed E-state index contributed by atoms with van der Waals surface area (Å²) < 4.78 is 0. The minimum atomic E-state index is -0.282. The average Bonchev–Trinajstić information content (AvgIpc) is 3.31. The average molecular weight is 421 g/mol. The zero-order valence-electron chi connectivity index (χ0n) is 17.7. The second-order valence-corrected chi connectivity index (χ2v) is 8.53. The van der Waals surface area contributed by atoms with Gasteiger partial charge in [-0.15, -0.1) is 0 Å². The number of carbonyl (C=O) groups is 3. The molecule has 2 atom stereocenters. The van der Waals surface area contributed by atoms with Gasteiger partial charge in [0.1, 0.15) is 0 Å². The van der Waals surface area contributed by atoms with Crippen molar-refractivity contribution in [3.05, 3.63) is 59.7 Å². The second kappa shape index (κ2) is 8.79. The van der Waals surface area contributed by atoms with E-state index in [-0.39, 0.29) is 17.7 Å². The van der Waals surface area contributed by atoms with Crippen LogP contribution in [-0.4, -0.2) is 48.8 Å². The number of nitrogens with one attached hydrogen (secondary N) is 1. The van der Waals surface area contributed by atoms with Gasteiger partial charge in [0.2, 0.25) is 11.8 Å². The van der Waals surface area contributed by atoms with E-state index in [0.717, 1.165) is 31.7 Å². The Morgan fingerprint density at radius 3 is 2.29 bits per heavy atom. The van der Waals surface area contributed by atoms with E-state index in [1.54, 1.807) is 24.3 Å². The number of aryl methyl sites for hydroxylation is 1. The van der Waals surface area contributed by atoms with E-state index in [9.17, 15) is 14.4 Å². The Labute approximate surface area is 182 Å². The Morgan fingerprint density at radius 1 is 1.00 bits per heavy atom. The highest BCUT2D eigenvalue weighted by molar-refractivity contribution is 5.95. The molecule has 0 bridgehead atoms. The van der Waals surface area contributed by atoms with E-state index in [1.165, 1.54) is 12.6 Å². The first kappa shape index (κ1) is 20.9. The number of nitrogens with two attached hydrogens (primary N) is 1. The van der Waals surface area contributed by atoms with Gasteiger partial charge in [0.15, 0.2) is 0 Å². The van der Waals surface area contributed by atoms with Crippen LogP contribution < -0.4 is 16.0 Å². The van der Waals surface area contributed by atoms with Crippen molar-refractivity contribution in [2.45, 2.75) is 19.8 Å². The van der Waals surface area contributed by atoms with Gasteiger partial charge >= 0.3 is 0 Å². The zero-order chi connectivity index (χ0) is 22.0. The van der Waals surface area contributed by atoms with Gasteiger partial charge in [-0.1, -0.05) is 12.1 Å². The van der Waals surface area contributed by atoms with Gasteiger partial charge in [0.05, 0.1) is 0 Å². The maximum absolute atomic E-state index is 12.9. The molecule has 3 amide bonds. The quantitative estimate of drug-likeness (QED) is 0.749. The van der Waals surface area contributed by atoms with Crippen molar-refractivity contribution in [2.75, 3.05) is 36.4 Å². The predicted molar refractivity (Wildman–Crippen MR) is 120 cm³/mol. The van der Waals surface area contributed by atoms with Crippen molar-refractivity contribution < 1.29 is 14.4 Å². The molecule has 31 heavy (non-hydrogen) atoms. The molecule has 0 saturated carbocycles. The summed E-state index contributed by atoms with van der Waals surface area (Å²) in [7, 11) is 0. The first-order valence-electron chi connectivity index (χ1n) is 10.7. The second-order valence-electron chi connectivity index (χ2n) is 8.53. The number of carbonyl (C=O) groups excluding carboxylic acids is 3. The van der Waals surface area contributed by atoms with Gasteiger partial charge in [-0.25, -0.2) is 0 Å². The van der Waals surface area contributed by atoms with Crippen molar-refractivity contribution in [1.29, 1.82) is 0 Å². The Kier molecular flexibility index (Phi) is 5.93. The molecule has 3 N–H and O–H groups in total. The number of nitrogens with zero attached hydrogens (tertiary/aromatic N) is 2. The van der Waals surface area contributed by atoms with E-state index in [4.69, 9.17) is 5.73 Å². The summed E-state index contributed by atoms with van der Waals surface area (Å²) in [6, 6.07) is 15.4. The molecule has 0 aromatic heterocycles. The molecule has 7 heteroatoms. The summed E-state index contributed by atoms with van der Waals surface area (Å²) >= 11 is 0. The summed E-state index contributed by atoms with van der Waals surface area (Å²) in [4.78, 5) is 39.5. The maximum Gasteiger partial charge on any atom is 0.253 e. The molecule has 2 aliphatic heterocycles. The molecule has 2 aromatic rings. The summed E-state index contributed by atoms with van der Waals surface area (Å²) in [5.41, 5.74) is 8.89. The van der Waals surface area contributed by atoms with Crippen LogP contribution in [0.4, 0.5) is 11.4 Å². The van der Waals surface area contributed by atoms with Crippen LogP contribution in [0.15, 0.2) is 48.5 Å². The van der Waals surface area contributed by atoms with Crippen molar-refractivity contribution >= 4 is 29.1 Å². The lowest BCUT2D eigenvalue weighted by Gasteiger charge is -2.24. The number of benzene rings is 2. The lowest BCUT2D eigenvalue weighted by molar-refractivity contribution is -0.118. The molecular weight excluding hydrogens is 392 g/mol. The van der Waals surface area contributed by atoms with Crippen LogP contribution in [0.5, 0.6) is 0 Å². The van der Waals surface area contributed by atoms with E-state index >= 15 is 0 Å². The third-order valence-electron chi connectivity index (χ3n) is 6.16. The smallest absolute Gasteiger partial charge is 0.253 e. The van der Waals surface area contributed by atoms with Gasteiger partial charge < -0.3 is 20.9 Å². The highest BCUT2D eigenvalue weighted by atomic mass is 16.2. The Bertz CT molecular complexity index is 975. The highest BCUT2D eigenvalue weighted by Crippen LogP contribution is 2.35. The van der Waals surface area contributed by atoms with Crippen molar-refractivity contribution in [1.82, 2.24) is 4.90 Å². The number of primary amides is 1. The molecular formula is C24H28N4O3. The van der Waals surface area contributed by atoms with E-state index in [2.05, 4.69) is 22.3 Å². The molecule has 2 aliphatic rings. The molecule has 162 valence electrons. The number of rotatable bonds is 6. The summed E-state index contributed by atoms with van der Waals surface area (Å²) in [5.74, 6) is 0.544. The third-order valence-corrected chi connectivity index (χ3v) is 6.16. The first-order valence-corrected chi connectivity index (χ1v) is 10.7. The fourth-order valence-electron chi connectivity index (χ4n) is 4.63. The number of hydrogen-bond acceptors (Lipinski definition) is 4. The normalized spacial score (nSPS) is 19.9. The fraction of sp³-hybridized carbons (Fsp3) is 0.375. The van der Waals surface area contributed by atoms with Crippen molar-refractivity contribution in [2.24, 2.45) is 17.6 Å². The SMILES string of the molecule is CC(=O)Nc1ccc(C(=O)N2CC3CN(c4cccc(CCC(N)=O)c4)CC3C2)cc1. The van der Waals surface area contributed by atoms with Crippen LogP contribution in [0.1, 0.15) is 29.3 Å². The van der Waals surface area contributed by atoms with Crippen LogP contribution >= 0.6 is 0 Å². The molecule has 4 rings (SSSR count). The van der Waals surface area contributed by atoms with Crippen LogP contribution in [0.3, 0.4) is 0 Å². The zero-order valence-corrected chi connectivity index (χ0v) is 17.7. The summed E-state index contributed by atoms with van der Waals surface area (Å²) in [6.07, 6.45) is 1.02. The molecule has 0 radical (unpaired) electrons. The molecule has 2 fully saturated rings. The van der Waals surface area contributed by atoms with Crippen LogP contribution in [0.2, 0.25) is 0 Å². The van der Waals surface area contributed by atoms with E-state index in [0.29, 0.717) is 35.9 Å². The minimum absolute atomic E-state index is 0.0452. The first-order chi connectivity index (χ1) is 14.9. The monoisotopic (exact) mass is 420 g/mol. The number of amides is 3. The van der Waals surface area contributed by atoms with E-state index in [1.807, 2.05) is 17.0 Å². The van der Waals surface area contributed by atoms with Crippen LogP contribution in [-0.2, 0) is 16.0 Å². The van der Waals surface area contributed by atoms with Crippen molar-refractivity contribution in [3.63, 3.8) is 0 Å². The Balaban J connectivity index is 1.35. The highest BCUT2D eigenvalue weighted by Gasteiger charge is 2.41. The van der Waals surface area contributed by atoms with Crippen LogP contribution in [0.25, 0.3) is 0 Å². The summed E-state index contributed by atoms with van der Waals surface area (Å²) in [6.45, 7) is 4.83. The van der Waals surface area contributed by atoms with Gasteiger partial charge in [0, 0.05) is 68.3 Å². The molecule has 7 nitrogen and oxygen atoms in total. The van der Waals surface area contributed by atoms with Crippen LogP contribution in [0, 0.1) is 11.8 Å². The largest absolute Gasteiger partial charge is 0.371 e. The number of fused-ring (bicyclic) bond motifs is 1. The third kappa shape index (κ3) is 4.87. The Hall–Kier alpha value is -3.35. The standard InChI is InChI=1S/C24H28N4O3/c1-16(29)26-21-8-6-18(7-9-21)24(31)28-14-19-12-27(13-20(19)15-28)22-4-2-3-17(11-22)5-10-23(25)30/h2-4,6-9,11,19-20H,5,10,12-15H2,1H3,(H2,25,30)(H,26,29). The summed E-state index contributed by atoms with van der Waals surface area (Å²) in [5, 5.41) is 2.72. The maximum atomic E-state index is 12.9. The minimum Gasteiger partial charge on any atom is -0.371 e. The molecule has 2 saturated heterocycles.